The van der Waals surface area contributed by atoms with Gasteiger partial charge in [0.05, 0.1) is 0 Å². The zero-order valence-electron chi connectivity index (χ0n) is 17.8. The van der Waals surface area contributed by atoms with Crippen LogP contribution in [0.25, 0.3) is 0 Å². The molecule has 0 spiro atoms. The number of aromatic hydroxyl groups is 1. The third-order valence-corrected chi connectivity index (χ3v) is 5.70. The first-order chi connectivity index (χ1) is 15.4. The van der Waals surface area contributed by atoms with Crippen molar-refractivity contribution in [1.29, 1.82) is 0 Å². The zero-order valence-corrected chi connectivity index (χ0v) is 17.8. The summed E-state index contributed by atoms with van der Waals surface area (Å²) in [6.07, 6.45) is 3.96. The van der Waals surface area contributed by atoms with Crippen molar-refractivity contribution in [3.8, 4) is 11.5 Å². The second-order valence-electron chi connectivity index (χ2n) is 8.05. The number of aryl methyl sites for hydroxylation is 2. The number of hydrogen-bond donors (Lipinski definition) is 3. The summed E-state index contributed by atoms with van der Waals surface area (Å²) in [5.74, 6) is 0.0702. The Morgan fingerprint density at radius 1 is 1.16 bits per heavy atom. The number of hydrogen-bond acceptors (Lipinski definition) is 5. The van der Waals surface area contributed by atoms with Crippen LogP contribution in [0, 0.1) is 6.92 Å². The predicted octanol–water partition coefficient (Wildman–Crippen LogP) is 3.06. The number of ether oxygens (including phenoxy) is 1. The molecule has 0 bridgehead atoms. The van der Waals surface area contributed by atoms with Crippen LogP contribution >= 0.6 is 0 Å². The number of nitrogens with zero attached hydrogens (tertiary/aromatic N) is 1. The number of nitrogens with two attached hydrogens (primary N) is 1. The summed E-state index contributed by atoms with van der Waals surface area (Å²) in [5, 5.41) is 12.9. The van der Waals surface area contributed by atoms with Crippen molar-refractivity contribution in [3.63, 3.8) is 0 Å². The van der Waals surface area contributed by atoms with E-state index in [0.29, 0.717) is 18.6 Å². The maximum absolute atomic E-state index is 12.6. The Morgan fingerprint density at radius 3 is 2.78 bits per heavy atom. The monoisotopic (exact) mass is 431 g/mol. The molecule has 1 aliphatic carbocycles. The Hall–Kier alpha value is -3.87. The lowest BCUT2D eigenvalue weighted by Crippen LogP contribution is -2.38. The van der Waals surface area contributed by atoms with Crippen molar-refractivity contribution >= 4 is 11.8 Å². The smallest absolute Gasteiger partial charge is 0.267 e. The van der Waals surface area contributed by atoms with Gasteiger partial charge in [-0.05, 0) is 84.8 Å². The van der Waals surface area contributed by atoms with Crippen LogP contribution in [0.5, 0.6) is 11.5 Å². The molecule has 0 saturated carbocycles. The van der Waals surface area contributed by atoms with Gasteiger partial charge < -0.3 is 20.9 Å². The first-order valence-electron chi connectivity index (χ1n) is 10.5. The number of carbonyl (C=O) groups is 2. The third kappa shape index (κ3) is 4.88. The number of rotatable bonds is 6. The lowest BCUT2D eigenvalue weighted by Gasteiger charge is -2.26. The van der Waals surface area contributed by atoms with E-state index in [1.807, 2.05) is 12.1 Å². The van der Waals surface area contributed by atoms with E-state index in [2.05, 4.69) is 16.4 Å². The van der Waals surface area contributed by atoms with Gasteiger partial charge in [-0.2, -0.15) is 0 Å². The molecule has 0 saturated heterocycles. The minimum absolute atomic E-state index is 0.00650. The summed E-state index contributed by atoms with van der Waals surface area (Å²) in [6.45, 7) is 2.08. The first-order valence-corrected chi connectivity index (χ1v) is 10.5. The summed E-state index contributed by atoms with van der Waals surface area (Å²) < 4.78 is 5.91. The highest BCUT2D eigenvalue weighted by atomic mass is 16.5. The fraction of sp³-hybridized carbons (Fsp3) is 0.240. The van der Waals surface area contributed by atoms with Gasteiger partial charge in [-0.15, -0.1) is 0 Å². The molecule has 0 radical (unpaired) electrons. The van der Waals surface area contributed by atoms with Gasteiger partial charge in [0.25, 0.3) is 11.8 Å². The lowest BCUT2D eigenvalue weighted by molar-refractivity contribution is 0.0932. The fourth-order valence-corrected chi connectivity index (χ4v) is 3.83. The second-order valence-corrected chi connectivity index (χ2v) is 8.05. The van der Waals surface area contributed by atoms with Crippen LogP contribution in [0.3, 0.4) is 0 Å². The quantitative estimate of drug-likeness (QED) is 0.555. The molecule has 32 heavy (non-hydrogen) atoms. The van der Waals surface area contributed by atoms with Crippen molar-refractivity contribution < 1.29 is 19.4 Å². The molecular weight excluding hydrogens is 406 g/mol. The Kier molecular flexibility index (Phi) is 6.07. The Balaban J connectivity index is 1.40. The molecule has 1 heterocycles. The molecule has 0 aliphatic heterocycles. The maximum atomic E-state index is 12.6. The second kappa shape index (κ2) is 9.09. The molecule has 2 aromatic carbocycles. The number of aromatic nitrogens is 1. The zero-order chi connectivity index (χ0) is 22.7. The maximum Gasteiger partial charge on any atom is 0.267 e. The molecule has 1 unspecified atom stereocenters. The third-order valence-electron chi connectivity index (χ3n) is 5.70. The van der Waals surface area contributed by atoms with Crippen LogP contribution in [0.2, 0.25) is 0 Å². The first kappa shape index (κ1) is 21.4. The van der Waals surface area contributed by atoms with Crippen molar-refractivity contribution in [2.45, 2.75) is 38.8 Å². The molecule has 1 atom stereocenters. The molecule has 7 nitrogen and oxygen atoms in total. The van der Waals surface area contributed by atoms with Crippen LogP contribution in [-0.4, -0.2) is 27.9 Å². The van der Waals surface area contributed by atoms with Crippen LogP contribution in [0.1, 0.15) is 49.5 Å². The van der Waals surface area contributed by atoms with Crippen molar-refractivity contribution in [3.05, 3.63) is 88.2 Å². The number of fused-ring (bicyclic) bond motifs is 1. The van der Waals surface area contributed by atoms with E-state index in [4.69, 9.17) is 10.5 Å². The van der Waals surface area contributed by atoms with Crippen LogP contribution in [0.15, 0.2) is 54.7 Å². The van der Waals surface area contributed by atoms with Crippen LogP contribution in [-0.2, 0) is 19.4 Å². The number of pyridine rings is 1. The molecule has 2 amide bonds. The van der Waals surface area contributed by atoms with Gasteiger partial charge in [0.15, 0.2) is 0 Å². The molecule has 4 rings (SSSR count). The number of nitrogens with one attached hydrogen (secondary N) is 1. The summed E-state index contributed by atoms with van der Waals surface area (Å²) in [6, 6.07) is 14.3. The molecule has 4 N–H and O–H groups in total. The van der Waals surface area contributed by atoms with E-state index in [0.717, 1.165) is 35.3 Å². The molecule has 1 aromatic heterocycles. The Labute approximate surface area is 186 Å². The summed E-state index contributed by atoms with van der Waals surface area (Å²) in [4.78, 5) is 27.8. The number of phenols is 1. The average molecular weight is 431 g/mol. The lowest BCUT2D eigenvalue weighted by atomic mass is 9.88. The molecule has 3 aromatic rings. The SMILES string of the molecule is Cc1ccc(C(=O)NC2CCc3ccc(OCc4ccnc(C(N)=O)c4)cc3C2)cc1O. The normalized spacial score (nSPS) is 15.0. The largest absolute Gasteiger partial charge is 0.508 e. The van der Waals surface area contributed by atoms with Gasteiger partial charge in [0, 0.05) is 17.8 Å². The molecule has 1 aliphatic rings. The summed E-state index contributed by atoms with van der Waals surface area (Å²) in [7, 11) is 0. The highest BCUT2D eigenvalue weighted by Gasteiger charge is 2.21. The predicted molar refractivity (Wildman–Crippen MR) is 120 cm³/mol. The van der Waals surface area contributed by atoms with E-state index in [9.17, 15) is 14.7 Å². The number of carbonyl (C=O) groups excluding carboxylic acids is 2. The summed E-state index contributed by atoms with van der Waals surface area (Å²) in [5.41, 5.74) is 9.86. The highest BCUT2D eigenvalue weighted by molar-refractivity contribution is 5.95. The van der Waals surface area contributed by atoms with Crippen molar-refractivity contribution in [1.82, 2.24) is 10.3 Å². The van der Waals surface area contributed by atoms with E-state index < -0.39 is 5.91 Å². The average Bonchev–Trinajstić information content (AvgIpc) is 2.79. The molecular formula is C25H25N3O4. The molecule has 164 valence electrons. The van der Waals surface area contributed by atoms with Gasteiger partial charge in [0.2, 0.25) is 0 Å². The van der Waals surface area contributed by atoms with E-state index in [1.165, 1.54) is 17.8 Å². The van der Waals surface area contributed by atoms with Gasteiger partial charge in [-0.3, -0.25) is 14.6 Å². The van der Waals surface area contributed by atoms with Crippen molar-refractivity contribution in [2.75, 3.05) is 0 Å². The molecule has 7 heteroatoms. The van der Waals surface area contributed by atoms with Gasteiger partial charge >= 0.3 is 0 Å². The minimum Gasteiger partial charge on any atom is -0.508 e. The Bertz CT molecular complexity index is 1180. The minimum atomic E-state index is -0.574. The van der Waals surface area contributed by atoms with Crippen LogP contribution < -0.4 is 15.8 Å². The van der Waals surface area contributed by atoms with E-state index in [-0.39, 0.29) is 23.4 Å². The van der Waals surface area contributed by atoms with Gasteiger partial charge in [-0.25, -0.2) is 0 Å². The van der Waals surface area contributed by atoms with Crippen LogP contribution in [0.4, 0.5) is 0 Å². The highest BCUT2D eigenvalue weighted by Crippen LogP contribution is 2.27. The standard InChI is InChI=1S/C25H25N3O4/c1-15-2-3-18(13-23(15)29)25(31)28-20-6-4-17-5-7-21(12-19(17)11-20)32-14-16-8-9-27-22(10-16)24(26)30/h2-3,5,7-10,12-13,20,29H,4,6,11,14H2,1H3,(H2,26,30)(H,28,31). The van der Waals surface area contributed by atoms with E-state index >= 15 is 0 Å². The van der Waals surface area contributed by atoms with Gasteiger partial charge in [-0.1, -0.05) is 12.1 Å². The molecule has 0 fully saturated rings. The number of amides is 2. The topological polar surface area (TPSA) is 115 Å². The number of benzene rings is 2. The van der Waals surface area contributed by atoms with Gasteiger partial charge in [0.1, 0.15) is 23.8 Å². The number of primary amides is 1. The fourth-order valence-electron chi connectivity index (χ4n) is 3.83. The Morgan fingerprint density at radius 2 is 2.00 bits per heavy atom. The number of phenolic OH excluding ortho intramolecular Hbond substituents is 1. The summed E-state index contributed by atoms with van der Waals surface area (Å²) >= 11 is 0. The van der Waals surface area contributed by atoms with E-state index in [1.54, 1.807) is 31.2 Å². The van der Waals surface area contributed by atoms with Crippen molar-refractivity contribution in [2.24, 2.45) is 5.73 Å².